The molecule has 1 heterocycles. The van der Waals surface area contributed by atoms with Gasteiger partial charge in [-0.2, -0.15) is 0 Å². The molecule has 0 aliphatic rings. The van der Waals surface area contributed by atoms with Crippen LogP contribution in [0.1, 0.15) is 57.4 Å². The molecule has 1 aromatic heterocycles. The highest BCUT2D eigenvalue weighted by atomic mass is 14.7. The predicted molar refractivity (Wildman–Crippen MR) is 61.8 cm³/mol. The molecular weight excluding hydrogens is 170 g/mol. The second-order valence-corrected chi connectivity index (χ2v) is 5.32. The van der Waals surface area contributed by atoms with E-state index in [0.29, 0.717) is 5.92 Å². The van der Waals surface area contributed by atoms with Gasteiger partial charge >= 0.3 is 0 Å². The summed E-state index contributed by atoms with van der Waals surface area (Å²) in [4.78, 5) is 4.37. The summed E-state index contributed by atoms with van der Waals surface area (Å²) in [5, 5.41) is 0. The van der Waals surface area contributed by atoms with Gasteiger partial charge in [0.05, 0.1) is 0 Å². The Morgan fingerprint density at radius 3 is 2.21 bits per heavy atom. The maximum Gasteiger partial charge on any atom is 0.0375 e. The van der Waals surface area contributed by atoms with E-state index in [-0.39, 0.29) is 5.41 Å². The lowest BCUT2D eigenvalue weighted by molar-refractivity contribution is 0.574. The van der Waals surface area contributed by atoms with Crippen LogP contribution in [-0.4, -0.2) is 4.98 Å². The number of rotatable bonds is 1. The van der Waals surface area contributed by atoms with Crippen LogP contribution >= 0.6 is 0 Å². The summed E-state index contributed by atoms with van der Waals surface area (Å²) in [6.45, 7) is 13.3. The van der Waals surface area contributed by atoms with Crippen LogP contribution in [0.2, 0.25) is 0 Å². The zero-order chi connectivity index (χ0) is 10.9. The Labute approximate surface area is 87.6 Å². The summed E-state index contributed by atoms with van der Waals surface area (Å²) in [5.74, 6) is 0.553. The Morgan fingerprint density at radius 1 is 1.21 bits per heavy atom. The van der Waals surface area contributed by atoms with Gasteiger partial charge in [-0.15, -0.1) is 0 Å². The van der Waals surface area contributed by atoms with Gasteiger partial charge in [-0.3, -0.25) is 4.98 Å². The average molecular weight is 191 g/mol. The van der Waals surface area contributed by atoms with Gasteiger partial charge in [0.15, 0.2) is 0 Å². The number of aromatic nitrogens is 1. The third-order valence-corrected chi connectivity index (χ3v) is 2.50. The highest BCUT2D eigenvalue weighted by Gasteiger charge is 2.19. The van der Waals surface area contributed by atoms with Crippen LogP contribution in [0.25, 0.3) is 0 Å². The smallest absolute Gasteiger partial charge is 0.0375 e. The first-order chi connectivity index (χ1) is 6.32. The van der Waals surface area contributed by atoms with Crippen LogP contribution < -0.4 is 0 Å². The lowest BCUT2D eigenvalue weighted by Gasteiger charge is -2.24. The molecule has 0 bridgehead atoms. The van der Waals surface area contributed by atoms with Crippen LogP contribution in [0.4, 0.5) is 0 Å². The van der Waals surface area contributed by atoms with Gasteiger partial charge in [0.25, 0.3) is 0 Å². The van der Waals surface area contributed by atoms with Gasteiger partial charge < -0.3 is 0 Å². The van der Waals surface area contributed by atoms with Crippen LogP contribution in [0.15, 0.2) is 12.3 Å². The van der Waals surface area contributed by atoms with Gasteiger partial charge in [-0.1, -0.05) is 34.6 Å². The highest BCUT2D eigenvalue weighted by Crippen LogP contribution is 2.30. The monoisotopic (exact) mass is 191 g/mol. The van der Waals surface area contributed by atoms with E-state index >= 15 is 0 Å². The van der Waals surface area contributed by atoms with Crippen molar-refractivity contribution in [3.8, 4) is 0 Å². The molecule has 0 fully saturated rings. The Kier molecular flexibility index (Phi) is 2.98. The van der Waals surface area contributed by atoms with Crippen molar-refractivity contribution in [1.82, 2.24) is 4.98 Å². The minimum atomic E-state index is 0.216. The van der Waals surface area contributed by atoms with Gasteiger partial charge in [0.1, 0.15) is 0 Å². The van der Waals surface area contributed by atoms with E-state index in [1.807, 2.05) is 6.20 Å². The fourth-order valence-electron chi connectivity index (χ4n) is 1.68. The first-order valence-electron chi connectivity index (χ1n) is 5.29. The topological polar surface area (TPSA) is 12.9 Å². The molecule has 1 aromatic rings. The Balaban J connectivity index is 3.30. The summed E-state index contributed by atoms with van der Waals surface area (Å²) in [6, 6.07) is 2.22. The highest BCUT2D eigenvalue weighted by molar-refractivity contribution is 5.34. The molecular formula is C13H21N. The van der Waals surface area contributed by atoms with Crippen molar-refractivity contribution in [3.05, 3.63) is 29.1 Å². The van der Waals surface area contributed by atoms with E-state index in [4.69, 9.17) is 0 Å². The second-order valence-electron chi connectivity index (χ2n) is 5.32. The third-order valence-electron chi connectivity index (χ3n) is 2.50. The van der Waals surface area contributed by atoms with E-state index in [1.165, 1.54) is 11.1 Å². The zero-order valence-electron chi connectivity index (χ0n) is 10.2. The molecule has 0 spiro atoms. The van der Waals surface area contributed by atoms with E-state index in [1.54, 1.807) is 0 Å². The van der Waals surface area contributed by atoms with Crippen molar-refractivity contribution < 1.29 is 0 Å². The van der Waals surface area contributed by atoms with Crippen LogP contribution in [0.5, 0.6) is 0 Å². The van der Waals surface area contributed by atoms with Crippen molar-refractivity contribution in [2.24, 2.45) is 0 Å². The second kappa shape index (κ2) is 3.72. The molecule has 0 radical (unpaired) electrons. The van der Waals surface area contributed by atoms with Crippen LogP contribution in [0.3, 0.4) is 0 Å². The summed E-state index contributed by atoms with van der Waals surface area (Å²) in [7, 11) is 0. The normalized spacial score (nSPS) is 12.2. The Morgan fingerprint density at radius 2 is 1.79 bits per heavy atom. The van der Waals surface area contributed by atoms with Crippen molar-refractivity contribution >= 4 is 0 Å². The number of aryl methyl sites for hydroxylation is 1. The molecule has 0 atom stereocenters. The standard InChI is InChI=1S/C13H21N/c1-9(2)11-8-14-10(3)7-12(11)13(4,5)6/h7-9H,1-6H3. The number of hydrogen-bond acceptors (Lipinski definition) is 1. The first kappa shape index (κ1) is 11.2. The molecule has 1 nitrogen and oxygen atoms in total. The summed E-state index contributed by atoms with van der Waals surface area (Å²) >= 11 is 0. The average Bonchev–Trinajstić information content (AvgIpc) is 2.01. The predicted octanol–water partition coefficient (Wildman–Crippen LogP) is 3.81. The summed E-state index contributed by atoms with van der Waals surface area (Å²) in [5.41, 5.74) is 4.13. The lowest BCUT2D eigenvalue weighted by Crippen LogP contribution is -2.15. The number of hydrogen-bond donors (Lipinski definition) is 0. The minimum absolute atomic E-state index is 0.216. The summed E-state index contributed by atoms with van der Waals surface area (Å²) < 4.78 is 0. The summed E-state index contributed by atoms with van der Waals surface area (Å²) in [6.07, 6.45) is 2.03. The quantitative estimate of drug-likeness (QED) is 0.657. The molecule has 0 aliphatic carbocycles. The molecule has 0 aromatic carbocycles. The van der Waals surface area contributed by atoms with E-state index in [0.717, 1.165) is 5.69 Å². The Hall–Kier alpha value is -0.850. The van der Waals surface area contributed by atoms with Crippen molar-refractivity contribution in [2.45, 2.75) is 52.9 Å². The fourth-order valence-corrected chi connectivity index (χ4v) is 1.68. The molecule has 0 saturated heterocycles. The molecule has 1 rings (SSSR count). The van der Waals surface area contributed by atoms with Crippen LogP contribution in [-0.2, 0) is 5.41 Å². The van der Waals surface area contributed by atoms with Crippen LogP contribution in [0, 0.1) is 6.92 Å². The van der Waals surface area contributed by atoms with E-state index in [2.05, 4.69) is 52.6 Å². The zero-order valence-corrected chi connectivity index (χ0v) is 10.2. The molecule has 0 aliphatic heterocycles. The first-order valence-corrected chi connectivity index (χ1v) is 5.29. The van der Waals surface area contributed by atoms with Gasteiger partial charge in [-0.05, 0) is 35.4 Å². The van der Waals surface area contributed by atoms with Gasteiger partial charge in [0, 0.05) is 11.9 Å². The molecule has 78 valence electrons. The molecule has 14 heavy (non-hydrogen) atoms. The third kappa shape index (κ3) is 2.34. The number of nitrogens with zero attached hydrogens (tertiary/aromatic N) is 1. The van der Waals surface area contributed by atoms with Crippen molar-refractivity contribution in [2.75, 3.05) is 0 Å². The maximum atomic E-state index is 4.37. The van der Waals surface area contributed by atoms with Gasteiger partial charge in [0.2, 0.25) is 0 Å². The molecule has 0 saturated carbocycles. The van der Waals surface area contributed by atoms with Crippen molar-refractivity contribution in [3.63, 3.8) is 0 Å². The SMILES string of the molecule is Cc1cc(C(C)(C)C)c(C(C)C)cn1. The lowest BCUT2D eigenvalue weighted by atomic mass is 9.81. The van der Waals surface area contributed by atoms with E-state index < -0.39 is 0 Å². The molecule has 0 amide bonds. The number of pyridine rings is 1. The molecule has 0 unspecified atom stereocenters. The molecule has 1 heteroatoms. The van der Waals surface area contributed by atoms with Gasteiger partial charge in [-0.25, -0.2) is 0 Å². The largest absolute Gasteiger partial charge is 0.261 e. The van der Waals surface area contributed by atoms with Crippen molar-refractivity contribution in [1.29, 1.82) is 0 Å². The fraction of sp³-hybridized carbons (Fsp3) is 0.615. The van der Waals surface area contributed by atoms with E-state index in [9.17, 15) is 0 Å². The Bertz CT molecular complexity index is 318. The maximum absolute atomic E-state index is 4.37. The molecule has 0 N–H and O–H groups in total. The minimum Gasteiger partial charge on any atom is -0.261 e.